The van der Waals surface area contributed by atoms with Crippen LogP contribution < -0.4 is 4.74 Å². The van der Waals surface area contributed by atoms with Crippen LogP contribution in [0.2, 0.25) is 0 Å². The Kier molecular flexibility index (Phi) is 8.13. The lowest BCUT2D eigenvalue weighted by Crippen LogP contribution is -2.40. The van der Waals surface area contributed by atoms with Crippen LogP contribution in [-0.2, 0) is 13.0 Å². The van der Waals surface area contributed by atoms with Gasteiger partial charge in [-0.3, -0.25) is 0 Å². The molecule has 6 heteroatoms. The summed E-state index contributed by atoms with van der Waals surface area (Å²) in [7, 11) is 3.96. The minimum Gasteiger partial charge on any atom is -0.496 e. The van der Waals surface area contributed by atoms with E-state index in [2.05, 4.69) is 45.0 Å². The van der Waals surface area contributed by atoms with Crippen molar-refractivity contribution in [2.24, 2.45) is 5.92 Å². The fraction of sp³-hybridized carbons (Fsp3) is 0.545. The molecule has 1 aromatic carbocycles. The lowest BCUT2D eigenvalue weighted by molar-refractivity contribution is 0.142. The van der Waals surface area contributed by atoms with Gasteiger partial charge in [-0.05, 0) is 56.7 Å². The third-order valence-electron chi connectivity index (χ3n) is 5.38. The summed E-state index contributed by atoms with van der Waals surface area (Å²) in [5.41, 5.74) is 2.49. The van der Waals surface area contributed by atoms with Crippen molar-refractivity contribution in [3.8, 4) is 5.75 Å². The van der Waals surface area contributed by atoms with Gasteiger partial charge in [0.15, 0.2) is 5.16 Å². The van der Waals surface area contributed by atoms with E-state index in [1.165, 1.54) is 37.1 Å². The fourth-order valence-corrected chi connectivity index (χ4v) is 4.35. The van der Waals surface area contributed by atoms with E-state index in [1.807, 2.05) is 24.7 Å². The molecule has 0 radical (unpaired) electrons. The van der Waals surface area contributed by atoms with Gasteiger partial charge in [-0.1, -0.05) is 30.0 Å². The van der Waals surface area contributed by atoms with E-state index in [0.29, 0.717) is 0 Å². The molecule has 0 spiro atoms. The van der Waals surface area contributed by atoms with Gasteiger partial charge >= 0.3 is 0 Å². The highest BCUT2D eigenvalue weighted by atomic mass is 32.2. The predicted octanol–water partition coefficient (Wildman–Crippen LogP) is 3.59. The quantitative estimate of drug-likeness (QED) is 0.473. The van der Waals surface area contributed by atoms with Crippen LogP contribution in [-0.4, -0.2) is 66.4 Å². The predicted molar refractivity (Wildman–Crippen MR) is 116 cm³/mol. The lowest BCUT2D eigenvalue weighted by Gasteiger charge is -2.34. The summed E-state index contributed by atoms with van der Waals surface area (Å²) in [4.78, 5) is 13.8. The number of hydrogen-bond donors (Lipinski definition) is 0. The minimum atomic E-state index is 0.725. The number of nitrogens with zero attached hydrogens (tertiary/aromatic N) is 4. The first-order valence-electron chi connectivity index (χ1n) is 10.1. The van der Waals surface area contributed by atoms with Crippen molar-refractivity contribution in [3.63, 3.8) is 0 Å². The van der Waals surface area contributed by atoms with Crippen LogP contribution in [0.1, 0.15) is 24.0 Å². The second-order valence-corrected chi connectivity index (χ2v) is 8.42. The van der Waals surface area contributed by atoms with E-state index in [9.17, 15) is 0 Å². The molecule has 0 unspecified atom stereocenters. The van der Waals surface area contributed by atoms with Crippen LogP contribution in [0.3, 0.4) is 0 Å². The molecule has 2 aromatic rings. The Balaban J connectivity index is 1.46. The van der Waals surface area contributed by atoms with Gasteiger partial charge in [0.2, 0.25) is 0 Å². The molecule has 0 saturated carbocycles. The van der Waals surface area contributed by atoms with Crippen molar-refractivity contribution >= 4 is 11.8 Å². The Morgan fingerprint density at radius 1 is 1.25 bits per heavy atom. The molecule has 2 heterocycles. The summed E-state index contributed by atoms with van der Waals surface area (Å²) in [6, 6.07) is 8.37. The Hall–Kier alpha value is -1.63. The molecule has 1 aliphatic rings. The highest BCUT2D eigenvalue weighted by molar-refractivity contribution is 7.98. The first-order valence-corrected chi connectivity index (χ1v) is 11.3. The highest BCUT2D eigenvalue weighted by Gasteiger charge is 2.21. The summed E-state index contributed by atoms with van der Waals surface area (Å²) in [6.45, 7) is 5.52. The topological polar surface area (TPSA) is 41.5 Å². The van der Waals surface area contributed by atoms with E-state index in [1.54, 1.807) is 18.9 Å². The Bertz CT molecular complexity index is 725. The number of benzene rings is 1. The number of likely N-dealkylation sites (tertiary alicyclic amines) is 1. The van der Waals surface area contributed by atoms with E-state index >= 15 is 0 Å². The molecule has 152 valence electrons. The number of ether oxygens (including phenoxy) is 1. The minimum absolute atomic E-state index is 0.725. The summed E-state index contributed by atoms with van der Waals surface area (Å²) < 4.78 is 5.49. The Morgan fingerprint density at radius 2 is 2.04 bits per heavy atom. The van der Waals surface area contributed by atoms with Gasteiger partial charge < -0.3 is 14.5 Å². The molecule has 0 bridgehead atoms. The van der Waals surface area contributed by atoms with Gasteiger partial charge in [-0.2, -0.15) is 0 Å². The van der Waals surface area contributed by atoms with Crippen molar-refractivity contribution in [1.29, 1.82) is 0 Å². The largest absolute Gasteiger partial charge is 0.496 e. The van der Waals surface area contributed by atoms with Crippen molar-refractivity contribution in [3.05, 3.63) is 47.8 Å². The van der Waals surface area contributed by atoms with Gasteiger partial charge in [0.25, 0.3) is 0 Å². The number of methoxy groups -OCH3 is 1. The molecule has 0 amide bonds. The maximum Gasteiger partial charge on any atom is 0.187 e. The smallest absolute Gasteiger partial charge is 0.187 e. The molecule has 0 N–H and O–H groups in total. The maximum absolute atomic E-state index is 5.49. The Morgan fingerprint density at radius 3 is 2.79 bits per heavy atom. The van der Waals surface area contributed by atoms with E-state index in [4.69, 9.17) is 4.74 Å². The number of aromatic nitrogens is 2. The third kappa shape index (κ3) is 6.19. The molecule has 1 atom stereocenters. The highest BCUT2D eigenvalue weighted by Crippen LogP contribution is 2.21. The second kappa shape index (κ2) is 10.8. The summed E-state index contributed by atoms with van der Waals surface area (Å²) in [6.07, 6.45) is 9.56. The average molecular weight is 401 g/mol. The number of hydrogen-bond acceptors (Lipinski definition) is 6. The third-order valence-corrected chi connectivity index (χ3v) is 5.96. The fourth-order valence-electron chi connectivity index (χ4n) is 4.04. The van der Waals surface area contributed by atoms with Crippen molar-refractivity contribution in [2.75, 3.05) is 46.6 Å². The standard InChI is InChI=1S/C22H32N4OS/c1-25(16-19-13-23-22(28-3)24-14-19)15-18-7-6-11-26(17-18)12-10-20-8-4-5-9-21(20)27-2/h4-5,8-9,13-14,18H,6-7,10-12,15-17H2,1-3H3/t18-/m1/s1. The lowest BCUT2D eigenvalue weighted by atomic mass is 9.97. The summed E-state index contributed by atoms with van der Waals surface area (Å²) >= 11 is 1.58. The molecule has 1 aliphatic heterocycles. The van der Waals surface area contributed by atoms with E-state index in [0.717, 1.165) is 42.9 Å². The monoisotopic (exact) mass is 400 g/mol. The number of piperidine rings is 1. The summed E-state index contributed by atoms with van der Waals surface area (Å²) in [5, 5.41) is 0.837. The molecule has 1 aromatic heterocycles. The van der Waals surface area contributed by atoms with E-state index < -0.39 is 0 Å². The molecule has 1 saturated heterocycles. The van der Waals surface area contributed by atoms with Gasteiger partial charge in [0.05, 0.1) is 7.11 Å². The maximum atomic E-state index is 5.49. The van der Waals surface area contributed by atoms with Gasteiger partial charge in [0, 0.05) is 44.1 Å². The van der Waals surface area contributed by atoms with Crippen LogP contribution in [0.25, 0.3) is 0 Å². The molecular weight excluding hydrogens is 368 g/mol. The van der Waals surface area contributed by atoms with Gasteiger partial charge in [-0.15, -0.1) is 0 Å². The van der Waals surface area contributed by atoms with Gasteiger partial charge in [-0.25, -0.2) is 9.97 Å². The summed E-state index contributed by atoms with van der Waals surface area (Å²) in [5.74, 6) is 1.73. The zero-order valence-electron chi connectivity index (χ0n) is 17.3. The SMILES string of the molecule is COc1ccccc1CCN1CCC[C@H](CN(C)Cc2cnc(SC)nc2)C1. The first-order chi connectivity index (χ1) is 13.7. The van der Waals surface area contributed by atoms with Crippen LogP contribution in [0.5, 0.6) is 5.75 Å². The Labute approximate surface area is 173 Å². The van der Waals surface area contributed by atoms with E-state index in [-0.39, 0.29) is 0 Å². The zero-order valence-corrected chi connectivity index (χ0v) is 18.1. The van der Waals surface area contributed by atoms with Crippen molar-refractivity contribution in [2.45, 2.75) is 31.0 Å². The number of rotatable bonds is 9. The van der Waals surface area contributed by atoms with Crippen LogP contribution in [0.4, 0.5) is 0 Å². The molecule has 5 nitrogen and oxygen atoms in total. The molecule has 1 fully saturated rings. The number of thioether (sulfide) groups is 1. The number of para-hydroxylation sites is 1. The average Bonchev–Trinajstić information content (AvgIpc) is 2.73. The van der Waals surface area contributed by atoms with Crippen molar-refractivity contribution < 1.29 is 4.74 Å². The molecule has 0 aliphatic carbocycles. The van der Waals surface area contributed by atoms with Crippen LogP contribution in [0.15, 0.2) is 41.8 Å². The van der Waals surface area contributed by atoms with Crippen LogP contribution >= 0.6 is 11.8 Å². The van der Waals surface area contributed by atoms with Crippen molar-refractivity contribution in [1.82, 2.24) is 19.8 Å². The normalized spacial score (nSPS) is 17.8. The first kappa shape index (κ1) is 21.1. The second-order valence-electron chi connectivity index (χ2n) is 7.65. The molecule has 28 heavy (non-hydrogen) atoms. The zero-order chi connectivity index (χ0) is 19.8. The van der Waals surface area contributed by atoms with Gasteiger partial charge in [0.1, 0.15) is 5.75 Å². The molecular formula is C22H32N4OS. The molecule has 3 rings (SSSR count). The van der Waals surface area contributed by atoms with Crippen LogP contribution in [0, 0.1) is 5.92 Å².